The lowest BCUT2D eigenvalue weighted by atomic mass is 10.2. The van der Waals surface area contributed by atoms with Crippen molar-refractivity contribution < 1.29 is 14.0 Å². The number of carbonyl (C=O) groups is 2. The van der Waals surface area contributed by atoms with Crippen LogP contribution < -0.4 is 10.6 Å². The van der Waals surface area contributed by atoms with E-state index in [2.05, 4.69) is 10.6 Å². The molecular weight excluding hydrogens is 377 g/mol. The van der Waals surface area contributed by atoms with Crippen LogP contribution in [0.1, 0.15) is 13.3 Å². The fourth-order valence-corrected chi connectivity index (χ4v) is 4.02. The summed E-state index contributed by atoms with van der Waals surface area (Å²) in [6.07, 6.45) is 0.723. The van der Waals surface area contributed by atoms with Crippen molar-refractivity contribution in [2.45, 2.75) is 24.3 Å². The molecule has 5 nitrogen and oxygen atoms in total. The molecule has 0 aliphatic carbocycles. The first kappa shape index (κ1) is 20.2. The van der Waals surface area contributed by atoms with E-state index >= 15 is 0 Å². The Hall–Kier alpha value is -2.54. The summed E-state index contributed by atoms with van der Waals surface area (Å²) in [7, 11) is 0. The Morgan fingerprint density at radius 2 is 1.89 bits per heavy atom. The van der Waals surface area contributed by atoms with Crippen LogP contribution in [-0.2, 0) is 4.79 Å². The van der Waals surface area contributed by atoms with E-state index in [-0.39, 0.29) is 29.7 Å². The summed E-state index contributed by atoms with van der Waals surface area (Å²) in [6.45, 7) is 3.09. The van der Waals surface area contributed by atoms with Crippen LogP contribution in [0.15, 0.2) is 59.5 Å². The Morgan fingerprint density at radius 1 is 1.18 bits per heavy atom. The molecule has 3 rings (SSSR count). The number of urea groups is 1. The van der Waals surface area contributed by atoms with E-state index in [1.165, 1.54) is 24.3 Å². The Morgan fingerprint density at radius 3 is 2.61 bits per heavy atom. The molecule has 3 amide bonds. The van der Waals surface area contributed by atoms with E-state index in [1.54, 1.807) is 11.8 Å². The number of likely N-dealkylation sites (tertiary alicyclic amines) is 1. The van der Waals surface area contributed by atoms with Gasteiger partial charge in [0.05, 0.1) is 0 Å². The van der Waals surface area contributed by atoms with E-state index in [9.17, 15) is 14.0 Å². The monoisotopic (exact) mass is 401 g/mol. The van der Waals surface area contributed by atoms with Crippen LogP contribution in [-0.4, -0.2) is 41.7 Å². The number of benzene rings is 2. The first-order valence-electron chi connectivity index (χ1n) is 9.31. The third-order valence-corrected chi connectivity index (χ3v) is 5.87. The van der Waals surface area contributed by atoms with Crippen LogP contribution >= 0.6 is 11.8 Å². The molecule has 2 unspecified atom stereocenters. The average molecular weight is 402 g/mol. The Bertz CT molecular complexity index is 801. The van der Waals surface area contributed by atoms with E-state index < -0.39 is 0 Å². The van der Waals surface area contributed by atoms with Gasteiger partial charge in [-0.05, 0) is 42.8 Å². The fourth-order valence-electron chi connectivity index (χ4n) is 3.08. The predicted octanol–water partition coefficient (Wildman–Crippen LogP) is 3.98. The van der Waals surface area contributed by atoms with Gasteiger partial charge in [0.15, 0.2) is 0 Å². The average Bonchev–Trinajstić information content (AvgIpc) is 3.16. The highest BCUT2D eigenvalue weighted by atomic mass is 32.2. The highest BCUT2D eigenvalue weighted by Crippen LogP contribution is 2.22. The lowest BCUT2D eigenvalue weighted by Gasteiger charge is -2.21. The summed E-state index contributed by atoms with van der Waals surface area (Å²) in [6, 6.07) is 15.2. The van der Waals surface area contributed by atoms with Crippen LogP contribution in [0.2, 0.25) is 0 Å². The van der Waals surface area contributed by atoms with E-state index in [1.807, 2.05) is 42.2 Å². The second-order valence-corrected chi connectivity index (χ2v) is 7.99. The number of hydrogen-bond acceptors (Lipinski definition) is 3. The number of halogens is 1. The van der Waals surface area contributed by atoms with Crippen molar-refractivity contribution in [3.63, 3.8) is 0 Å². The molecule has 2 atom stereocenters. The first-order valence-corrected chi connectivity index (χ1v) is 10.3. The maximum Gasteiger partial charge on any atom is 0.319 e. The van der Waals surface area contributed by atoms with Crippen LogP contribution in [0.25, 0.3) is 0 Å². The van der Waals surface area contributed by atoms with Crippen molar-refractivity contribution in [2.24, 2.45) is 5.92 Å². The maximum atomic E-state index is 12.9. The molecule has 0 aromatic heterocycles. The van der Waals surface area contributed by atoms with Gasteiger partial charge in [-0.1, -0.05) is 25.1 Å². The molecule has 0 spiro atoms. The van der Waals surface area contributed by atoms with Crippen molar-refractivity contribution in [3.05, 3.63) is 60.4 Å². The van der Waals surface area contributed by atoms with E-state index in [0.29, 0.717) is 18.8 Å². The topological polar surface area (TPSA) is 61.4 Å². The third kappa shape index (κ3) is 5.73. The Balaban J connectivity index is 1.42. The number of amides is 3. The molecule has 0 bridgehead atoms. The lowest BCUT2D eigenvalue weighted by Crippen LogP contribution is -2.41. The van der Waals surface area contributed by atoms with Gasteiger partial charge in [-0.15, -0.1) is 11.8 Å². The quantitative estimate of drug-likeness (QED) is 0.720. The van der Waals surface area contributed by atoms with Crippen LogP contribution in [0.3, 0.4) is 0 Å². The summed E-state index contributed by atoms with van der Waals surface area (Å²) < 4.78 is 12.9. The van der Waals surface area contributed by atoms with Crippen molar-refractivity contribution >= 4 is 29.4 Å². The number of carbonyl (C=O) groups excluding carboxylic acids is 2. The molecule has 2 N–H and O–H groups in total. The molecular formula is C21H24FN3O2S. The molecule has 1 fully saturated rings. The van der Waals surface area contributed by atoms with E-state index in [4.69, 9.17) is 0 Å². The van der Waals surface area contributed by atoms with Gasteiger partial charge in [0, 0.05) is 41.4 Å². The molecule has 1 saturated heterocycles. The SMILES string of the molecule is CC(CSc1ccccc1)C(=O)N1CCC(NC(=O)Nc2ccc(F)cc2)C1. The molecule has 2 aromatic rings. The number of nitrogens with one attached hydrogen (secondary N) is 2. The van der Waals surface area contributed by atoms with Crippen molar-refractivity contribution in [1.82, 2.24) is 10.2 Å². The number of thioether (sulfide) groups is 1. The van der Waals surface area contributed by atoms with Crippen molar-refractivity contribution in [2.75, 3.05) is 24.2 Å². The zero-order valence-electron chi connectivity index (χ0n) is 15.7. The molecule has 0 saturated carbocycles. The second-order valence-electron chi connectivity index (χ2n) is 6.90. The molecule has 1 aliphatic heterocycles. The maximum absolute atomic E-state index is 12.9. The van der Waals surface area contributed by atoms with Crippen molar-refractivity contribution in [3.8, 4) is 0 Å². The number of anilines is 1. The summed E-state index contributed by atoms with van der Waals surface area (Å²) >= 11 is 1.68. The first-order chi connectivity index (χ1) is 13.5. The molecule has 148 valence electrons. The van der Waals surface area contributed by atoms with Gasteiger partial charge in [0.1, 0.15) is 5.82 Å². The largest absolute Gasteiger partial charge is 0.340 e. The zero-order valence-corrected chi connectivity index (χ0v) is 16.5. The van der Waals surface area contributed by atoms with Gasteiger partial charge >= 0.3 is 6.03 Å². The number of hydrogen-bond donors (Lipinski definition) is 2. The van der Waals surface area contributed by atoms with Gasteiger partial charge in [-0.3, -0.25) is 4.79 Å². The zero-order chi connectivity index (χ0) is 19.9. The third-order valence-electron chi connectivity index (χ3n) is 4.60. The smallest absolute Gasteiger partial charge is 0.319 e. The van der Waals surface area contributed by atoms with E-state index in [0.717, 1.165) is 17.1 Å². The summed E-state index contributed by atoms with van der Waals surface area (Å²) in [5, 5.41) is 5.56. The summed E-state index contributed by atoms with van der Waals surface area (Å²) in [5.41, 5.74) is 0.524. The highest BCUT2D eigenvalue weighted by molar-refractivity contribution is 7.99. The second kappa shape index (κ2) is 9.59. The van der Waals surface area contributed by atoms with Crippen LogP contribution in [0, 0.1) is 11.7 Å². The normalized spacial score (nSPS) is 17.2. The predicted molar refractivity (Wildman–Crippen MR) is 110 cm³/mol. The summed E-state index contributed by atoms with van der Waals surface area (Å²) in [4.78, 5) is 27.7. The van der Waals surface area contributed by atoms with Crippen LogP contribution in [0.5, 0.6) is 0 Å². The Labute approximate surface area is 168 Å². The standard InChI is InChI=1S/C21H24FN3O2S/c1-15(14-28-19-5-3-2-4-6-19)20(26)25-12-11-18(13-25)24-21(27)23-17-9-7-16(22)8-10-17/h2-10,15,18H,11-14H2,1H3,(H2,23,24,27). The molecule has 28 heavy (non-hydrogen) atoms. The van der Waals surface area contributed by atoms with Gasteiger partial charge in [0.25, 0.3) is 0 Å². The van der Waals surface area contributed by atoms with Gasteiger partial charge in [-0.2, -0.15) is 0 Å². The fraction of sp³-hybridized carbons (Fsp3) is 0.333. The minimum atomic E-state index is -0.351. The van der Waals surface area contributed by atoms with Gasteiger partial charge < -0.3 is 15.5 Å². The van der Waals surface area contributed by atoms with Crippen LogP contribution in [0.4, 0.5) is 14.9 Å². The van der Waals surface area contributed by atoms with Crippen molar-refractivity contribution in [1.29, 1.82) is 0 Å². The molecule has 7 heteroatoms. The molecule has 1 aliphatic rings. The number of nitrogens with zero attached hydrogens (tertiary/aromatic N) is 1. The number of rotatable bonds is 6. The molecule has 0 radical (unpaired) electrons. The van der Waals surface area contributed by atoms with Gasteiger partial charge in [-0.25, -0.2) is 9.18 Å². The summed E-state index contributed by atoms with van der Waals surface area (Å²) in [5.74, 6) is 0.404. The molecule has 1 heterocycles. The van der Waals surface area contributed by atoms with Gasteiger partial charge in [0.2, 0.25) is 5.91 Å². The molecule has 2 aromatic carbocycles. The highest BCUT2D eigenvalue weighted by Gasteiger charge is 2.29. The lowest BCUT2D eigenvalue weighted by molar-refractivity contribution is -0.133. The minimum absolute atomic E-state index is 0.0848. The Kier molecular flexibility index (Phi) is 6.92. The minimum Gasteiger partial charge on any atom is -0.340 e.